The van der Waals surface area contributed by atoms with Crippen molar-refractivity contribution in [3.05, 3.63) is 0 Å². The topological polar surface area (TPSA) is 95.9 Å². The zero-order chi connectivity index (χ0) is 13.1. The fourth-order valence-electron chi connectivity index (χ4n) is 1.66. The monoisotopic (exact) mass is 266 g/mol. The third kappa shape index (κ3) is 3.38. The predicted octanol–water partition coefficient (Wildman–Crippen LogP) is -0.736. The van der Waals surface area contributed by atoms with Gasteiger partial charge in [0.2, 0.25) is 0 Å². The molecule has 0 spiro atoms. The van der Waals surface area contributed by atoms with Crippen molar-refractivity contribution < 1.29 is 23.1 Å². The zero-order valence-electron chi connectivity index (χ0n) is 9.97. The van der Waals surface area contributed by atoms with E-state index in [1.807, 2.05) is 0 Å². The average Bonchev–Trinajstić information content (AvgIpc) is 2.63. The molecule has 100 valence electrons. The summed E-state index contributed by atoms with van der Waals surface area (Å²) < 4.78 is 31.8. The van der Waals surface area contributed by atoms with Crippen LogP contribution in [0.3, 0.4) is 0 Å². The summed E-state index contributed by atoms with van der Waals surface area (Å²) >= 11 is 0. The van der Waals surface area contributed by atoms with Gasteiger partial charge in [-0.25, -0.2) is 0 Å². The Labute approximate surface area is 101 Å². The number of carboxylic acids is 1. The molecule has 0 bridgehead atoms. The summed E-state index contributed by atoms with van der Waals surface area (Å²) in [6.07, 6.45) is 0.327. The number of nitrogens with zero attached hydrogens (tertiary/aromatic N) is 1. The molecule has 1 aliphatic rings. The largest absolute Gasteiger partial charge is 0.481 e. The van der Waals surface area contributed by atoms with Crippen LogP contribution in [-0.2, 0) is 19.7 Å². The van der Waals surface area contributed by atoms with Gasteiger partial charge in [-0.1, -0.05) is 0 Å². The van der Waals surface area contributed by atoms with Gasteiger partial charge in [-0.2, -0.15) is 17.4 Å². The van der Waals surface area contributed by atoms with Gasteiger partial charge in [-0.05, 0) is 13.3 Å². The van der Waals surface area contributed by atoms with Gasteiger partial charge in [0.1, 0.15) is 0 Å². The van der Waals surface area contributed by atoms with E-state index in [0.29, 0.717) is 6.42 Å². The van der Waals surface area contributed by atoms with Crippen LogP contribution in [0.5, 0.6) is 0 Å². The van der Waals surface area contributed by atoms with Crippen LogP contribution >= 0.6 is 0 Å². The fourth-order valence-corrected chi connectivity index (χ4v) is 2.97. The van der Waals surface area contributed by atoms with E-state index in [4.69, 9.17) is 9.84 Å². The quantitative estimate of drug-likeness (QED) is 0.618. The standard InChI is InChI=1S/C9H18N2O5S/c1-9(8(12)13)3-5-11(7-9)17(14,15)10-4-6-16-2/h10H,3-7H2,1-2H3,(H,12,13). The molecule has 0 saturated carbocycles. The van der Waals surface area contributed by atoms with Crippen LogP contribution in [0.15, 0.2) is 0 Å². The van der Waals surface area contributed by atoms with Gasteiger partial charge in [0.15, 0.2) is 0 Å². The Morgan fingerprint density at radius 2 is 2.24 bits per heavy atom. The Kier molecular flexibility index (Phi) is 4.48. The summed E-state index contributed by atoms with van der Waals surface area (Å²) in [7, 11) is -2.12. The van der Waals surface area contributed by atoms with E-state index in [1.165, 1.54) is 7.11 Å². The molecule has 1 heterocycles. The predicted molar refractivity (Wildman–Crippen MR) is 60.7 cm³/mol. The number of carbonyl (C=O) groups is 1. The molecule has 8 heteroatoms. The molecule has 1 unspecified atom stereocenters. The van der Waals surface area contributed by atoms with Crippen molar-refractivity contribution in [1.82, 2.24) is 9.03 Å². The molecule has 7 nitrogen and oxygen atoms in total. The molecule has 1 saturated heterocycles. The Bertz CT molecular complexity index is 383. The van der Waals surface area contributed by atoms with E-state index in [1.54, 1.807) is 6.92 Å². The van der Waals surface area contributed by atoms with Crippen molar-refractivity contribution in [2.45, 2.75) is 13.3 Å². The van der Waals surface area contributed by atoms with Gasteiger partial charge in [-0.3, -0.25) is 4.79 Å². The molecular formula is C9H18N2O5S. The van der Waals surface area contributed by atoms with Crippen LogP contribution in [0.2, 0.25) is 0 Å². The maximum atomic E-state index is 11.8. The first kappa shape index (κ1) is 14.4. The minimum atomic E-state index is -3.60. The summed E-state index contributed by atoms with van der Waals surface area (Å²) in [6.45, 7) is 2.25. The summed E-state index contributed by atoms with van der Waals surface area (Å²) in [4.78, 5) is 11.0. The number of hydrogen-bond donors (Lipinski definition) is 2. The first-order chi connectivity index (χ1) is 7.82. The maximum absolute atomic E-state index is 11.8. The second-order valence-corrected chi connectivity index (χ2v) is 6.10. The highest BCUT2D eigenvalue weighted by molar-refractivity contribution is 7.87. The highest BCUT2D eigenvalue weighted by Gasteiger charge is 2.44. The second-order valence-electron chi connectivity index (χ2n) is 4.34. The number of methoxy groups -OCH3 is 1. The van der Waals surface area contributed by atoms with Gasteiger partial charge in [0, 0.05) is 26.7 Å². The van der Waals surface area contributed by atoms with E-state index in [-0.39, 0.29) is 26.2 Å². The van der Waals surface area contributed by atoms with Crippen molar-refractivity contribution in [3.8, 4) is 0 Å². The highest BCUT2D eigenvalue weighted by Crippen LogP contribution is 2.31. The lowest BCUT2D eigenvalue weighted by Gasteiger charge is -2.20. The van der Waals surface area contributed by atoms with Crippen molar-refractivity contribution in [1.29, 1.82) is 0 Å². The molecule has 0 amide bonds. The number of aliphatic carboxylic acids is 1. The lowest BCUT2D eigenvalue weighted by atomic mass is 9.90. The molecular weight excluding hydrogens is 248 g/mol. The van der Waals surface area contributed by atoms with E-state index >= 15 is 0 Å². The number of rotatable bonds is 6. The highest BCUT2D eigenvalue weighted by atomic mass is 32.2. The van der Waals surface area contributed by atoms with Crippen molar-refractivity contribution in [2.24, 2.45) is 5.41 Å². The first-order valence-electron chi connectivity index (χ1n) is 5.29. The van der Waals surface area contributed by atoms with E-state index < -0.39 is 21.6 Å². The number of ether oxygens (including phenoxy) is 1. The number of nitrogens with one attached hydrogen (secondary N) is 1. The molecule has 0 aromatic heterocycles. The normalized spacial score (nSPS) is 26.2. The van der Waals surface area contributed by atoms with Gasteiger partial charge < -0.3 is 9.84 Å². The Balaban J connectivity index is 2.61. The van der Waals surface area contributed by atoms with Gasteiger partial charge in [0.05, 0.1) is 12.0 Å². The molecule has 17 heavy (non-hydrogen) atoms. The Hall–Kier alpha value is -0.700. The summed E-state index contributed by atoms with van der Waals surface area (Å²) in [5, 5.41) is 9.01. The van der Waals surface area contributed by atoms with Gasteiger partial charge in [-0.15, -0.1) is 0 Å². The smallest absolute Gasteiger partial charge is 0.310 e. The first-order valence-corrected chi connectivity index (χ1v) is 6.73. The summed E-state index contributed by atoms with van der Waals surface area (Å²) in [5.41, 5.74) is -0.990. The fraction of sp³-hybridized carbons (Fsp3) is 0.889. The van der Waals surface area contributed by atoms with Crippen LogP contribution in [0.1, 0.15) is 13.3 Å². The van der Waals surface area contributed by atoms with Crippen LogP contribution in [-0.4, -0.2) is 57.1 Å². The van der Waals surface area contributed by atoms with Crippen molar-refractivity contribution in [2.75, 3.05) is 33.4 Å². The SMILES string of the molecule is COCCNS(=O)(=O)N1CCC(C)(C(=O)O)C1. The lowest BCUT2D eigenvalue weighted by Crippen LogP contribution is -2.42. The van der Waals surface area contributed by atoms with Crippen molar-refractivity contribution in [3.63, 3.8) is 0 Å². The summed E-state index contributed by atoms with van der Waals surface area (Å²) in [5.74, 6) is -0.966. The van der Waals surface area contributed by atoms with Crippen LogP contribution in [0.4, 0.5) is 0 Å². The molecule has 0 radical (unpaired) electrons. The van der Waals surface area contributed by atoms with Crippen LogP contribution in [0, 0.1) is 5.41 Å². The molecule has 1 fully saturated rings. The van der Waals surface area contributed by atoms with Gasteiger partial charge >= 0.3 is 5.97 Å². The molecule has 0 aromatic carbocycles. The molecule has 1 atom stereocenters. The van der Waals surface area contributed by atoms with Gasteiger partial charge in [0.25, 0.3) is 10.2 Å². The Morgan fingerprint density at radius 3 is 2.71 bits per heavy atom. The average molecular weight is 266 g/mol. The van der Waals surface area contributed by atoms with E-state index in [2.05, 4.69) is 4.72 Å². The maximum Gasteiger partial charge on any atom is 0.310 e. The third-order valence-corrected chi connectivity index (χ3v) is 4.45. The molecule has 1 rings (SSSR count). The molecule has 1 aliphatic heterocycles. The van der Waals surface area contributed by atoms with Crippen LogP contribution < -0.4 is 4.72 Å². The zero-order valence-corrected chi connectivity index (χ0v) is 10.8. The molecule has 2 N–H and O–H groups in total. The lowest BCUT2D eigenvalue weighted by molar-refractivity contribution is -0.146. The second kappa shape index (κ2) is 5.30. The van der Waals surface area contributed by atoms with Crippen LogP contribution in [0.25, 0.3) is 0 Å². The summed E-state index contributed by atoms with van der Waals surface area (Å²) in [6, 6.07) is 0. The third-order valence-electron chi connectivity index (χ3n) is 2.89. The number of hydrogen-bond acceptors (Lipinski definition) is 4. The van der Waals surface area contributed by atoms with E-state index in [0.717, 1.165) is 4.31 Å². The minimum absolute atomic E-state index is 0.00461. The Morgan fingerprint density at radius 1 is 1.59 bits per heavy atom. The number of carboxylic acid groups (broad SMARTS) is 1. The molecule has 0 aromatic rings. The van der Waals surface area contributed by atoms with E-state index in [9.17, 15) is 13.2 Å². The van der Waals surface area contributed by atoms with Crippen molar-refractivity contribution >= 4 is 16.2 Å². The minimum Gasteiger partial charge on any atom is -0.481 e. The molecule has 0 aliphatic carbocycles.